The molecule has 0 fully saturated rings. The molecule has 1 aliphatic carbocycles. The molecule has 2 aromatic heterocycles. The number of imidazole rings is 1. The van der Waals surface area contributed by atoms with Gasteiger partial charge >= 0.3 is 0 Å². The number of H-pyrrole nitrogens is 2. The van der Waals surface area contributed by atoms with Crippen LogP contribution in [0.3, 0.4) is 0 Å². The van der Waals surface area contributed by atoms with E-state index < -0.39 is 5.56 Å². The second kappa shape index (κ2) is 5.78. The molecule has 0 saturated heterocycles. The summed E-state index contributed by atoms with van der Waals surface area (Å²) in [5.41, 5.74) is 10.9. The van der Waals surface area contributed by atoms with Crippen LogP contribution < -0.4 is 16.2 Å². The van der Waals surface area contributed by atoms with Gasteiger partial charge in [0.05, 0.1) is 5.69 Å². The summed E-state index contributed by atoms with van der Waals surface area (Å²) in [4.78, 5) is 39.6. The largest absolute Gasteiger partial charge is 0.369 e. The van der Waals surface area contributed by atoms with Gasteiger partial charge in [0.15, 0.2) is 11.2 Å². The van der Waals surface area contributed by atoms with Gasteiger partial charge in [0.2, 0.25) is 17.8 Å². The molecule has 4 aromatic rings. The fraction of sp³-hybridized carbons (Fsp3) is 0.100. The molecule has 28 heavy (non-hydrogen) atoms. The molecule has 4 N–H and O–H groups in total. The minimum Gasteiger partial charge on any atom is -0.369 e. The molecular formula is C20H16N6O2. The van der Waals surface area contributed by atoms with Crippen LogP contribution in [0.4, 0.5) is 17.6 Å². The second-order valence-corrected chi connectivity index (χ2v) is 6.74. The van der Waals surface area contributed by atoms with Gasteiger partial charge in [0.1, 0.15) is 0 Å². The van der Waals surface area contributed by atoms with Gasteiger partial charge in [-0.1, -0.05) is 30.3 Å². The molecular weight excluding hydrogens is 356 g/mol. The Bertz CT molecular complexity index is 1320. The monoisotopic (exact) mass is 372 g/mol. The first kappa shape index (κ1) is 16.2. The number of nitrogens with zero attached hydrogens (tertiary/aromatic N) is 3. The number of aromatic nitrogens is 4. The van der Waals surface area contributed by atoms with Crippen LogP contribution in [0.15, 0.2) is 47.3 Å². The van der Waals surface area contributed by atoms with Crippen LogP contribution >= 0.6 is 0 Å². The third-order valence-electron chi connectivity index (χ3n) is 4.93. The van der Waals surface area contributed by atoms with E-state index in [4.69, 9.17) is 5.73 Å². The molecule has 1 amide bonds. The predicted octanol–water partition coefficient (Wildman–Crippen LogP) is 2.48. The Morgan fingerprint density at radius 3 is 2.68 bits per heavy atom. The maximum Gasteiger partial charge on any atom is 0.278 e. The van der Waals surface area contributed by atoms with Crippen molar-refractivity contribution in [1.29, 1.82) is 0 Å². The Morgan fingerprint density at radius 1 is 1.07 bits per heavy atom. The Labute approximate surface area is 159 Å². The summed E-state index contributed by atoms with van der Waals surface area (Å²) in [7, 11) is 0. The van der Waals surface area contributed by atoms with E-state index in [-0.39, 0.29) is 29.0 Å². The van der Waals surface area contributed by atoms with E-state index in [1.165, 1.54) is 28.5 Å². The summed E-state index contributed by atoms with van der Waals surface area (Å²) < 4.78 is 0. The zero-order valence-corrected chi connectivity index (χ0v) is 15.0. The van der Waals surface area contributed by atoms with E-state index in [2.05, 4.69) is 32.1 Å². The van der Waals surface area contributed by atoms with Gasteiger partial charge in [-0.15, -0.1) is 0 Å². The number of anilines is 3. The highest BCUT2D eigenvalue weighted by Gasteiger charge is 2.23. The van der Waals surface area contributed by atoms with E-state index in [0.717, 1.165) is 12.0 Å². The van der Waals surface area contributed by atoms with Crippen LogP contribution in [-0.4, -0.2) is 25.8 Å². The first-order valence-corrected chi connectivity index (χ1v) is 8.78. The molecule has 0 atom stereocenters. The summed E-state index contributed by atoms with van der Waals surface area (Å²) in [5, 5.41) is 0. The van der Waals surface area contributed by atoms with Gasteiger partial charge in [0.25, 0.3) is 5.56 Å². The Balaban J connectivity index is 1.62. The molecule has 2 aromatic carbocycles. The van der Waals surface area contributed by atoms with Crippen molar-refractivity contribution in [1.82, 2.24) is 19.9 Å². The third-order valence-corrected chi connectivity index (χ3v) is 4.93. The molecule has 0 unspecified atom stereocenters. The van der Waals surface area contributed by atoms with E-state index in [9.17, 15) is 9.59 Å². The van der Waals surface area contributed by atoms with E-state index >= 15 is 0 Å². The number of benzene rings is 2. The molecule has 0 radical (unpaired) electrons. The van der Waals surface area contributed by atoms with E-state index in [1.807, 2.05) is 30.3 Å². The number of aromatic amines is 2. The lowest BCUT2D eigenvalue weighted by atomic mass is 10.1. The van der Waals surface area contributed by atoms with Crippen molar-refractivity contribution in [2.24, 2.45) is 0 Å². The number of hydrogen-bond donors (Lipinski definition) is 3. The smallest absolute Gasteiger partial charge is 0.278 e. The summed E-state index contributed by atoms with van der Waals surface area (Å²) in [5.74, 6) is -0.0410. The summed E-state index contributed by atoms with van der Waals surface area (Å²) >= 11 is 0. The highest BCUT2D eigenvalue weighted by atomic mass is 16.2. The van der Waals surface area contributed by atoms with Crippen LogP contribution in [-0.2, 0) is 11.2 Å². The molecule has 138 valence electrons. The number of nitrogen functional groups attached to an aromatic ring is 1. The standard InChI is InChI=1S/C20H16N6O2/c1-10(27)26(20-22-16-17(24-20)23-19(21)25-18(16)28)13-6-7-15-12(9-13)8-11-4-2-3-5-14(11)15/h2-7,9H,8H2,1H3,(H4,21,22,23,24,25,28). The van der Waals surface area contributed by atoms with Crippen LogP contribution in [0, 0.1) is 0 Å². The Hall–Kier alpha value is -3.94. The first-order chi connectivity index (χ1) is 13.5. The summed E-state index contributed by atoms with van der Waals surface area (Å²) in [6.07, 6.45) is 0.809. The number of nitrogens with one attached hydrogen (secondary N) is 2. The highest BCUT2D eigenvalue weighted by molar-refractivity contribution is 5.99. The fourth-order valence-electron chi connectivity index (χ4n) is 3.74. The van der Waals surface area contributed by atoms with Crippen molar-refractivity contribution < 1.29 is 4.79 Å². The van der Waals surface area contributed by atoms with Crippen molar-refractivity contribution in [3.8, 4) is 11.1 Å². The lowest BCUT2D eigenvalue weighted by Gasteiger charge is -2.19. The minimum absolute atomic E-state index is 0.0276. The number of carbonyl (C=O) groups is 1. The topological polar surface area (TPSA) is 121 Å². The zero-order chi connectivity index (χ0) is 19.4. The van der Waals surface area contributed by atoms with Crippen molar-refractivity contribution in [3.05, 3.63) is 63.9 Å². The Morgan fingerprint density at radius 2 is 1.86 bits per heavy atom. The van der Waals surface area contributed by atoms with Gasteiger partial charge in [-0.05, 0) is 40.8 Å². The number of hydrogen-bond acceptors (Lipinski definition) is 5. The average molecular weight is 372 g/mol. The number of carbonyl (C=O) groups excluding carboxylic acids is 1. The molecule has 8 nitrogen and oxygen atoms in total. The molecule has 0 saturated carbocycles. The van der Waals surface area contributed by atoms with E-state index in [1.54, 1.807) is 0 Å². The molecule has 5 rings (SSSR count). The van der Waals surface area contributed by atoms with Gasteiger partial charge in [-0.25, -0.2) is 0 Å². The summed E-state index contributed by atoms with van der Waals surface area (Å²) in [6, 6.07) is 14.1. The molecule has 0 bridgehead atoms. The predicted molar refractivity (Wildman–Crippen MR) is 106 cm³/mol. The first-order valence-electron chi connectivity index (χ1n) is 8.78. The zero-order valence-electron chi connectivity index (χ0n) is 15.0. The van der Waals surface area contributed by atoms with Crippen LogP contribution in [0.1, 0.15) is 18.1 Å². The van der Waals surface area contributed by atoms with Gasteiger partial charge in [-0.3, -0.25) is 19.5 Å². The third kappa shape index (κ3) is 2.38. The summed E-state index contributed by atoms with van der Waals surface area (Å²) in [6.45, 7) is 1.45. The number of nitrogens with two attached hydrogens (primary N) is 1. The SMILES string of the molecule is CC(=O)N(c1ccc2c(c1)Cc1ccccc1-2)c1nc2nc(N)[nH]c(=O)c2[nH]1. The maximum atomic E-state index is 12.4. The quantitative estimate of drug-likeness (QED) is 0.440. The van der Waals surface area contributed by atoms with Crippen molar-refractivity contribution in [2.45, 2.75) is 13.3 Å². The van der Waals surface area contributed by atoms with Crippen molar-refractivity contribution >= 4 is 34.7 Å². The lowest BCUT2D eigenvalue weighted by Crippen LogP contribution is -2.24. The molecule has 1 aliphatic rings. The lowest BCUT2D eigenvalue weighted by molar-refractivity contribution is -0.115. The molecule has 8 heteroatoms. The molecule has 0 spiro atoms. The van der Waals surface area contributed by atoms with Gasteiger partial charge in [0, 0.05) is 6.92 Å². The molecule has 2 heterocycles. The van der Waals surface area contributed by atoms with Crippen molar-refractivity contribution in [2.75, 3.05) is 10.6 Å². The van der Waals surface area contributed by atoms with Gasteiger partial charge in [-0.2, -0.15) is 9.97 Å². The minimum atomic E-state index is -0.436. The van der Waals surface area contributed by atoms with Crippen molar-refractivity contribution in [3.63, 3.8) is 0 Å². The number of amides is 1. The highest BCUT2D eigenvalue weighted by Crippen LogP contribution is 2.39. The molecule has 0 aliphatic heterocycles. The number of rotatable bonds is 2. The van der Waals surface area contributed by atoms with E-state index in [0.29, 0.717) is 5.69 Å². The van der Waals surface area contributed by atoms with Crippen LogP contribution in [0.5, 0.6) is 0 Å². The van der Waals surface area contributed by atoms with Crippen LogP contribution in [0.2, 0.25) is 0 Å². The van der Waals surface area contributed by atoms with Gasteiger partial charge < -0.3 is 10.7 Å². The number of fused-ring (bicyclic) bond motifs is 4. The average Bonchev–Trinajstić information content (AvgIpc) is 3.22. The fourth-order valence-corrected chi connectivity index (χ4v) is 3.74. The van der Waals surface area contributed by atoms with Crippen LogP contribution in [0.25, 0.3) is 22.3 Å². The normalized spacial score (nSPS) is 12.0. The maximum absolute atomic E-state index is 12.4. The Kier molecular flexibility index (Phi) is 3.35. The second-order valence-electron chi connectivity index (χ2n) is 6.74.